The maximum atomic E-state index is 11.3. The average molecular weight is 244 g/mol. The first-order chi connectivity index (χ1) is 7.85. The zero-order chi connectivity index (χ0) is 13.1. The Balaban J connectivity index is 2.44. The van der Waals surface area contributed by atoms with E-state index in [0.717, 1.165) is 13.0 Å². The van der Waals surface area contributed by atoms with Crippen molar-refractivity contribution in [3.63, 3.8) is 0 Å². The number of β-amino-alcohol motifs (C(OH)–C–C–N with tert-alkyl or cyclic N) is 1. The molecule has 0 radical (unpaired) electrons. The molecule has 0 aliphatic carbocycles. The first kappa shape index (κ1) is 13.9. The number of esters is 1. The molecule has 17 heavy (non-hydrogen) atoms. The van der Waals surface area contributed by atoms with Gasteiger partial charge in [0.05, 0.1) is 7.11 Å². The van der Waals surface area contributed by atoms with E-state index >= 15 is 0 Å². The highest BCUT2D eigenvalue weighted by molar-refractivity contribution is 5.78. The van der Waals surface area contributed by atoms with Crippen LogP contribution in [0.3, 0.4) is 0 Å². The molecule has 0 spiro atoms. The lowest BCUT2D eigenvalue weighted by Crippen LogP contribution is -2.47. The van der Waals surface area contributed by atoms with Crippen molar-refractivity contribution in [2.45, 2.75) is 31.9 Å². The van der Waals surface area contributed by atoms with Crippen LogP contribution in [0.25, 0.3) is 0 Å². The van der Waals surface area contributed by atoms with Crippen molar-refractivity contribution < 1.29 is 19.4 Å². The highest BCUT2D eigenvalue weighted by atomic mass is 16.5. The minimum Gasteiger partial charge on any atom is -0.467 e. The van der Waals surface area contributed by atoms with Crippen molar-refractivity contribution in [2.75, 3.05) is 26.7 Å². The SMILES string of the molecule is COC(=O)C(C)(O)CN1CCC(NC(C)=O)C1. The molecular formula is C11H20N2O4. The molecule has 0 bridgehead atoms. The van der Waals surface area contributed by atoms with Gasteiger partial charge in [-0.1, -0.05) is 0 Å². The second-order valence-corrected chi connectivity index (χ2v) is 4.69. The highest BCUT2D eigenvalue weighted by Gasteiger charge is 2.36. The summed E-state index contributed by atoms with van der Waals surface area (Å²) >= 11 is 0. The molecule has 2 unspecified atom stereocenters. The first-order valence-corrected chi connectivity index (χ1v) is 5.65. The van der Waals surface area contributed by atoms with Gasteiger partial charge in [0.25, 0.3) is 0 Å². The maximum Gasteiger partial charge on any atom is 0.338 e. The fraction of sp³-hybridized carbons (Fsp3) is 0.818. The summed E-state index contributed by atoms with van der Waals surface area (Å²) in [7, 11) is 1.25. The molecule has 1 saturated heterocycles. The van der Waals surface area contributed by atoms with Crippen molar-refractivity contribution in [3.8, 4) is 0 Å². The summed E-state index contributed by atoms with van der Waals surface area (Å²) in [5, 5.41) is 12.7. The van der Waals surface area contributed by atoms with Crippen molar-refractivity contribution in [2.24, 2.45) is 0 Å². The number of methoxy groups -OCH3 is 1. The lowest BCUT2D eigenvalue weighted by Gasteiger charge is -2.26. The molecule has 0 aromatic rings. The van der Waals surface area contributed by atoms with E-state index in [2.05, 4.69) is 10.1 Å². The second-order valence-electron chi connectivity index (χ2n) is 4.69. The topological polar surface area (TPSA) is 78.9 Å². The number of nitrogens with one attached hydrogen (secondary N) is 1. The van der Waals surface area contributed by atoms with Gasteiger partial charge in [0.15, 0.2) is 5.60 Å². The maximum absolute atomic E-state index is 11.3. The minimum atomic E-state index is -1.50. The Morgan fingerprint density at radius 2 is 2.24 bits per heavy atom. The average Bonchev–Trinajstić information content (AvgIpc) is 2.62. The van der Waals surface area contributed by atoms with E-state index in [1.165, 1.54) is 21.0 Å². The Bertz CT molecular complexity index is 304. The van der Waals surface area contributed by atoms with Crippen LogP contribution < -0.4 is 5.32 Å². The number of amides is 1. The third-order valence-electron chi connectivity index (χ3n) is 2.84. The van der Waals surface area contributed by atoms with Gasteiger partial charge in [0, 0.05) is 32.6 Å². The van der Waals surface area contributed by atoms with Crippen LogP contribution in [0.4, 0.5) is 0 Å². The number of hydrogen-bond donors (Lipinski definition) is 2. The van der Waals surface area contributed by atoms with Crippen molar-refractivity contribution >= 4 is 11.9 Å². The van der Waals surface area contributed by atoms with Gasteiger partial charge in [-0.3, -0.25) is 9.69 Å². The zero-order valence-electron chi connectivity index (χ0n) is 10.5. The standard InChI is InChI=1S/C11H20N2O4/c1-8(14)12-9-4-5-13(6-9)7-11(2,16)10(15)17-3/h9,16H,4-7H2,1-3H3,(H,12,14). The van der Waals surface area contributed by atoms with Crippen LogP contribution in [0.1, 0.15) is 20.3 Å². The lowest BCUT2D eigenvalue weighted by molar-refractivity contribution is -0.162. The molecule has 2 atom stereocenters. The van der Waals surface area contributed by atoms with Gasteiger partial charge in [-0.2, -0.15) is 0 Å². The van der Waals surface area contributed by atoms with Crippen LogP contribution >= 0.6 is 0 Å². The summed E-state index contributed by atoms with van der Waals surface area (Å²) < 4.78 is 4.53. The van der Waals surface area contributed by atoms with Gasteiger partial charge >= 0.3 is 5.97 Å². The fourth-order valence-electron chi connectivity index (χ4n) is 2.10. The summed E-state index contributed by atoms with van der Waals surface area (Å²) in [5.41, 5.74) is -1.50. The molecular weight excluding hydrogens is 224 g/mol. The Morgan fingerprint density at radius 1 is 1.59 bits per heavy atom. The number of nitrogens with zero attached hydrogens (tertiary/aromatic N) is 1. The molecule has 0 saturated carbocycles. The summed E-state index contributed by atoms with van der Waals surface area (Å²) in [6, 6.07) is 0.0981. The summed E-state index contributed by atoms with van der Waals surface area (Å²) in [5.74, 6) is -0.697. The van der Waals surface area contributed by atoms with Gasteiger partial charge < -0.3 is 15.2 Å². The van der Waals surface area contributed by atoms with Crippen LogP contribution in [0.2, 0.25) is 0 Å². The molecule has 6 nitrogen and oxygen atoms in total. The predicted octanol–water partition coefficient (Wildman–Crippen LogP) is -0.879. The third kappa shape index (κ3) is 3.98. The van der Waals surface area contributed by atoms with Crippen molar-refractivity contribution in [1.82, 2.24) is 10.2 Å². The molecule has 2 N–H and O–H groups in total. The number of carbonyl (C=O) groups excluding carboxylic acids is 2. The smallest absolute Gasteiger partial charge is 0.338 e. The van der Waals surface area contributed by atoms with Crippen molar-refractivity contribution in [1.29, 1.82) is 0 Å². The monoisotopic (exact) mass is 244 g/mol. The Kier molecular flexibility index (Phi) is 4.47. The molecule has 6 heteroatoms. The van der Waals surface area contributed by atoms with E-state index in [1.807, 2.05) is 4.90 Å². The summed E-state index contributed by atoms with van der Waals surface area (Å²) in [6.07, 6.45) is 0.830. The number of likely N-dealkylation sites (tertiary alicyclic amines) is 1. The number of hydrogen-bond acceptors (Lipinski definition) is 5. The van der Waals surface area contributed by atoms with Crippen LogP contribution in [0, 0.1) is 0 Å². The number of carbonyl (C=O) groups is 2. The lowest BCUT2D eigenvalue weighted by atomic mass is 10.1. The summed E-state index contributed by atoms with van der Waals surface area (Å²) in [4.78, 5) is 24.1. The van der Waals surface area contributed by atoms with E-state index in [4.69, 9.17) is 0 Å². The molecule has 1 aliphatic heterocycles. The molecule has 1 aliphatic rings. The number of rotatable bonds is 4. The largest absolute Gasteiger partial charge is 0.467 e. The molecule has 1 rings (SSSR count). The number of ether oxygens (including phenoxy) is 1. The first-order valence-electron chi connectivity index (χ1n) is 5.65. The molecule has 1 fully saturated rings. The highest BCUT2D eigenvalue weighted by Crippen LogP contribution is 2.15. The summed E-state index contributed by atoms with van der Waals surface area (Å²) in [6.45, 7) is 4.53. The second kappa shape index (κ2) is 5.46. The Morgan fingerprint density at radius 3 is 2.76 bits per heavy atom. The van der Waals surface area contributed by atoms with Crippen LogP contribution in [-0.2, 0) is 14.3 Å². The van der Waals surface area contributed by atoms with Gasteiger partial charge in [-0.15, -0.1) is 0 Å². The van der Waals surface area contributed by atoms with E-state index in [1.54, 1.807) is 0 Å². The van der Waals surface area contributed by atoms with Gasteiger partial charge in [-0.25, -0.2) is 4.79 Å². The zero-order valence-corrected chi connectivity index (χ0v) is 10.5. The Labute approximate surface area is 101 Å². The van der Waals surface area contributed by atoms with E-state index < -0.39 is 11.6 Å². The third-order valence-corrected chi connectivity index (χ3v) is 2.84. The van der Waals surface area contributed by atoms with Gasteiger partial charge in [0.2, 0.25) is 5.91 Å². The molecule has 1 amide bonds. The van der Waals surface area contributed by atoms with E-state index in [0.29, 0.717) is 6.54 Å². The van der Waals surface area contributed by atoms with Crippen LogP contribution in [0.15, 0.2) is 0 Å². The van der Waals surface area contributed by atoms with Crippen LogP contribution in [0.5, 0.6) is 0 Å². The molecule has 0 aromatic heterocycles. The molecule has 1 heterocycles. The predicted molar refractivity (Wildman–Crippen MR) is 61.3 cm³/mol. The Hall–Kier alpha value is -1.14. The quantitative estimate of drug-likeness (QED) is 0.628. The van der Waals surface area contributed by atoms with E-state index in [-0.39, 0.29) is 18.5 Å². The number of aliphatic hydroxyl groups is 1. The normalized spacial score (nSPS) is 24.1. The van der Waals surface area contributed by atoms with Crippen LogP contribution in [-0.4, -0.2) is 60.3 Å². The molecule has 0 aromatic carbocycles. The minimum absolute atomic E-state index is 0.0587. The van der Waals surface area contributed by atoms with Crippen molar-refractivity contribution in [3.05, 3.63) is 0 Å². The fourth-order valence-corrected chi connectivity index (χ4v) is 2.10. The van der Waals surface area contributed by atoms with Gasteiger partial charge in [-0.05, 0) is 13.3 Å². The van der Waals surface area contributed by atoms with E-state index in [9.17, 15) is 14.7 Å². The molecule has 98 valence electrons. The van der Waals surface area contributed by atoms with Gasteiger partial charge in [0.1, 0.15) is 0 Å².